The Labute approximate surface area is 138 Å². The fraction of sp³-hybridized carbons (Fsp3) is 0.286. The lowest BCUT2D eigenvalue weighted by atomic mass is 10.2. The Hall–Kier alpha value is -3.04. The van der Waals surface area contributed by atoms with Crippen molar-refractivity contribution in [3.63, 3.8) is 0 Å². The number of nitrogens with zero attached hydrogens (tertiary/aromatic N) is 4. The Morgan fingerprint density at radius 1 is 1.30 bits per heavy atom. The Morgan fingerprint density at radius 3 is 2.43 bits per heavy atom. The minimum absolute atomic E-state index is 0.0676. The number of anilines is 1. The van der Waals surface area contributed by atoms with Gasteiger partial charge in [-0.15, -0.1) is 0 Å². The molecule has 0 aliphatic carbocycles. The molecule has 1 amide bonds. The van der Waals surface area contributed by atoms with Gasteiger partial charge in [-0.3, -0.25) is 14.9 Å². The van der Waals surface area contributed by atoms with Crippen LogP contribution in [0.5, 0.6) is 0 Å². The molecule has 118 valence electrons. The summed E-state index contributed by atoms with van der Waals surface area (Å²) in [5, 5.41) is 30.5. The first-order chi connectivity index (χ1) is 11.0. The maximum atomic E-state index is 12.1. The Bertz CT molecular complexity index is 674. The van der Waals surface area contributed by atoms with E-state index in [1.54, 1.807) is 0 Å². The molecule has 8 nitrogen and oxygen atoms in total. The summed E-state index contributed by atoms with van der Waals surface area (Å²) in [4.78, 5) is 23.7. The molecule has 0 radical (unpaired) electrons. The highest BCUT2D eigenvalue weighted by atomic mass is 32.1. The number of carbonyl (C=O) groups is 1. The monoisotopic (exact) mass is 331 g/mol. The van der Waals surface area contributed by atoms with Gasteiger partial charge in [0.05, 0.1) is 29.9 Å². The summed E-state index contributed by atoms with van der Waals surface area (Å²) < 4.78 is 0. The van der Waals surface area contributed by atoms with E-state index in [1.807, 2.05) is 12.1 Å². The molecule has 0 aliphatic rings. The zero-order valence-electron chi connectivity index (χ0n) is 12.1. The van der Waals surface area contributed by atoms with Crippen molar-refractivity contribution in [1.29, 1.82) is 10.5 Å². The third-order valence-corrected chi connectivity index (χ3v) is 3.23. The van der Waals surface area contributed by atoms with Crippen molar-refractivity contribution >= 4 is 34.5 Å². The van der Waals surface area contributed by atoms with Crippen molar-refractivity contribution < 1.29 is 9.72 Å². The number of benzene rings is 1. The van der Waals surface area contributed by atoms with Gasteiger partial charge in [-0.05, 0) is 6.07 Å². The minimum Gasteiger partial charge on any atom is -0.356 e. The van der Waals surface area contributed by atoms with Gasteiger partial charge in [0.15, 0.2) is 4.99 Å². The number of nitro groups is 1. The lowest BCUT2D eigenvalue weighted by Crippen LogP contribution is -2.39. The van der Waals surface area contributed by atoms with Crippen LogP contribution < -0.4 is 5.32 Å². The van der Waals surface area contributed by atoms with Crippen LogP contribution in [-0.4, -0.2) is 33.8 Å². The fourth-order valence-corrected chi connectivity index (χ4v) is 1.94. The molecule has 1 aromatic carbocycles. The summed E-state index contributed by atoms with van der Waals surface area (Å²) in [7, 11) is 0. The third kappa shape index (κ3) is 5.69. The first-order valence-electron chi connectivity index (χ1n) is 6.58. The van der Waals surface area contributed by atoms with Crippen LogP contribution in [0.1, 0.15) is 12.8 Å². The molecule has 23 heavy (non-hydrogen) atoms. The smallest absolute Gasteiger partial charge is 0.283 e. The number of hydrogen-bond acceptors (Lipinski definition) is 6. The molecule has 9 heteroatoms. The molecule has 0 heterocycles. The van der Waals surface area contributed by atoms with Gasteiger partial charge >= 0.3 is 0 Å². The van der Waals surface area contributed by atoms with Gasteiger partial charge in [0.25, 0.3) is 11.6 Å². The molecule has 0 spiro atoms. The van der Waals surface area contributed by atoms with E-state index in [4.69, 9.17) is 22.7 Å². The fourth-order valence-electron chi connectivity index (χ4n) is 1.71. The lowest BCUT2D eigenvalue weighted by molar-refractivity contribution is -0.384. The highest BCUT2D eigenvalue weighted by molar-refractivity contribution is 7.82. The summed E-state index contributed by atoms with van der Waals surface area (Å²) in [6, 6.07) is 9.36. The second-order valence-electron chi connectivity index (χ2n) is 4.37. The van der Waals surface area contributed by atoms with E-state index < -0.39 is 10.8 Å². The number of carbonyl (C=O) groups excluding carboxylic acids is 1. The lowest BCUT2D eigenvalue weighted by Gasteiger charge is -2.22. The number of rotatable bonds is 6. The van der Waals surface area contributed by atoms with Crippen molar-refractivity contribution in [1.82, 2.24) is 4.90 Å². The van der Waals surface area contributed by atoms with Gasteiger partial charge in [-0.25, -0.2) is 0 Å². The van der Waals surface area contributed by atoms with Crippen LogP contribution in [0.25, 0.3) is 0 Å². The molecule has 0 fully saturated rings. The number of nitrogens with one attached hydrogen (secondary N) is 1. The first-order valence-corrected chi connectivity index (χ1v) is 6.99. The van der Waals surface area contributed by atoms with Crippen molar-refractivity contribution in [3.05, 3.63) is 34.4 Å². The molecule has 0 aliphatic heterocycles. The molecule has 0 saturated heterocycles. The predicted molar refractivity (Wildman–Crippen MR) is 86.4 cm³/mol. The van der Waals surface area contributed by atoms with E-state index in [0.29, 0.717) is 0 Å². The van der Waals surface area contributed by atoms with Crippen LogP contribution in [0.15, 0.2) is 24.3 Å². The average molecular weight is 331 g/mol. The second kappa shape index (κ2) is 9.07. The van der Waals surface area contributed by atoms with Crippen LogP contribution in [0, 0.1) is 32.8 Å². The maximum Gasteiger partial charge on any atom is 0.283 e. The predicted octanol–water partition coefficient (Wildman–Crippen LogP) is 1.99. The van der Waals surface area contributed by atoms with E-state index in [2.05, 4.69) is 5.32 Å². The summed E-state index contributed by atoms with van der Waals surface area (Å²) in [6.07, 6.45) is 0.325. The van der Waals surface area contributed by atoms with Gasteiger partial charge in [0.1, 0.15) is 0 Å². The van der Waals surface area contributed by atoms with Gasteiger partial charge in [0.2, 0.25) is 0 Å². The molecule has 0 saturated carbocycles. The summed E-state index contributed by atoms with van der Waals surface area (Å²) >= 11 is 5.07. The maximum absolute atomic E-state index is 12.1. The summed E-state index contributed by atoms with van der Waals surface area (Å²) in [5.74, 6) is -0.614. The number of hydrogen-bond donors (Lipinski definition) is 1. The topological polar surface area (TPSA) is 123 Å². The SMILES string of the molecule is N#CCCN(CCC#N)C(=S)C(=O)Nc1cccc([N+](=O)[O-])c1. The molecule has 1 rings (SSSR count). The Morgan fingerprint density at radius 2 is 1.91 bits per heavy atom. The van der Waals surface area contributed by atoms with E-state index in [1.165, 1.54) is 29.2 Å². The number of amides is 1. The van der Waals surface area contributed by atoms with Crippen LogP contribution in [-0.2, 0) is 4.79 Å². The molecule has 0 bridgehead atoms. The first kappa shape index (κ1) is 18.0. The average Bonchev–Trinajstić information content (AvgIpc) is 2.54. The minimum atomic E-state index is -0.614. The van der Waals surface area contributed by atoms with E-state index in [-0.39, 0.29) is 42.3 Å². The van der Waals surface area contributed by atoms with E-state index in [9.17, 15) is 14.9 Å². The molecular formula is C14H13N5O3S. The largest absolute Gasteiger partial charge is 0.356 e. The zero-order chi connectivity index (χ0) is 17.2. The highest BCUT2D eigenvalue weighted by Gasteiger charge is 2.18. The zero-order valence-corrected chi connectivity index (χ0v) is 12.9. The summed E-state index contributed by atoms with van der Waals surface area (Å²) in [5.41, 5.74) is 0.0894. The van der Waals surface area contributed by atoms with Gasteiger partial charge in [-0.2, -0.15) is 10.5 Å². The highest BCUT2D eigenvalue weighted by Crippen LogP contribution is 2.17. The Kier molecular flexibility index (Phi) is 7.11. The van der Waals surface area contributed by atoms with Crippen LogP contribution in [0.3, 0.4) is 0 Å². The second-order valence-corrected chi connectivity index (χ2v) is 4.76. The Balaban J connectivity index is 2.79. The van der Waals surface area contributed by atoms with Gasteiger partial charge in [0, 0.05) is 30.9 Å². The van der Waals surface area contributed by atoms with Gasteiger partial charge in [-0.1, -0.05) is 18.3 Å². The molecule has 0 atom stereocenters. The third-order valence-electron chi connectivity index (χ3n) is 2.78. The molecule has 0 aromatic heterocycles. The number of non-ortho nitro benzene ring substituents is 1. The standard InChI is InChI=1S/C14H13N5O3S/c15-6-2-8-18(9-3-7-16)14(23)13(20)17-11-4-1-5-12(10-11)19(21)22/h1,4-5,10H,2-3,8-9H2,(H,17,20). The molecular weight excluding hydrogens is 318 g/mol. The van der Waals surface area contributed by atoms with Crippen LogP contribution in [0.2, 0.25) is 0 Å². The number of nitriles is 2. The van der Waals surface area contributed by atoms with Crippen molar-refractivity contribution in [2.24, 2.45) is 0 Å². The molecule has 0 unspecified atom stereocenters. The van der Waals surface area contributed by atoms with Crippen LogP contribution >= 0.6 is 12.2 Å². The summed E-state index contributed by atoms with van der Waals surface area (Å²) in [6.45, 7) is 0.471. The van der Waals surface area contributed by atoms with Crippen molar-refractivity contribution in [2.45, 2.75) is 12.8 Å². The molecule has 1 aromatic rings. The van der Waals surface area contributed by atoms with E-state index in [0.717, 1.165) is 0 Å². The molecule has 1 N–H and O–H groups in total. The number of nitro benzene ring substituents is 1. The van der Waals surface area contributed by atoms with Crippen molar-refractivity contribution in [3.8, 4) is 12.1 Å². The number of thiocarbonyl (C=S) groups is 1. The van der Waals surface area contributed by atoms with E-state index >= 15 is 0 Å². The van der Waals surface area contributed by atoms with Crippen LogP contribution in [0.4, 0.5) is 11.4 Å². The van der Waals surface area contributed by atoms with Gasteiger partial charge < -0.3 is 10.2 Å². The quantitative estimate of drug-likeness (QED) is 0.480. The van der Waals surface area contributed by atoms with Crippen molar-refractivity contribution in [2.75, 3.05) is 18.4 Å². The normalized spacial score (nSPS) is 9.30.